The number of anilines is 1. The van der Waals surface area contributed by atoms with E-state index in [0.29, 0.717) is 25.6 Å². The van der Waals surface area contributed by atoms with Gasteiger partial charge in [-0.2, -0.15) is 0 Å². The third-order valence-electron chi connectivity index (χ3n) is 2.31. The normalized spacial score (nSPS) is 9.76. The molecule has 0 heterocycles. The molecule has 0 unspecified atom stereocenters. The first-order valence-electron chi connectivity index (χ1n) is 6.49. The molecule has 1 rings (SSSR count). The summed E-state index contributed by atoms with van der Waals surface area (Å²) in [6.07, 6.45) is 1.10. The van der Waals surface area contributed by atoms with Crippen LogP contribution in [-0.4, -0.2) is 38.3 Å². The lowest BCUT2D eigenvalue weighted by Crippen LogP contribution is -2.12. The van der Waals surface area contributed by atoms with Gasteiger partial charge in [-0.05, 0) is 24.3 Å². The average Bonchev–Trinajstić information content (AvgIpc) is 2.47. The van der Waals surface area contributed by atoms with Crippen LogP contribution in [0.4, 0.5) is 5.69 Å². The quantitative estimate of drug-likeness (QED) is 0.427. The standard InChI is InChI=1S/C15H19NO5/c1-3-15(18)21-11-9-19-8-10-20-14-6-4-13(5-7-14)16-12(2)17/h3-7H,1,8-11H2,2H3,(H,16,17). The lowest BCUT2D eigenvalue weighted by Gasteiger charge is -2.08. The fourth-order valence-corrected chi connectivity index (χ4v) is 1.42. The zero-order valence-electron chi connectivity index (χ0n) is 12.0. The highest BCUT2D eigenvalue weighted by molar-refractivity contribution is 5.88. The van der Waals surface area contributed by atoms with Gasteiger partial charge in [0.15, 0.2) is 0 Å². The minimum absolute atomic E-state index is 0.116. The van der Waals surface area contributed by atoms with E-state index in [-0.39, 0.29) is 12.5 Å². The molecule has 1 amide bonds. The van der Waals surface area contributed by atoms with Crippen molar-refractivity contribution in [2.75, 3.05) is 31.7 Å². The van der Waals surface area contributed by atoms with Gasteiger partial charge in [-0.1, -0.05) is 6.58 Å². The first-order chi connectivity index (χ1) is 10.1. The molecular weight excluding hydrogens is 274 g/mol. The molecule has 6 nitrogen and oxygen atoms in total. The SMILES string of the molecule is C=CC(=O)OCCOCCOc1ccc(NC(C)=O)cc1. The molecule has 0 aliphatic carbocycles. The molecule has 0 bridgehead atoms. The van der Waals surface area contributed by atoms with Crippen LogP contribution in [0.25, 0.3) is 0 Å². The second-order valence-corrected chi connectivity index (χ2v) is 4.04. The van der Waals surface area contributed by atoms with Gasteiger partial charge < -0.3 is 19.5 Å². The molecule has 0 spiro atoms. The van der Waals surface area contributed by atoms with E-state index in [4.69, 9.17) is 14.2 Å². The summed E-state index contributed by atoms with van der Waals surface area (Å²) in [6.45, 7) is 6.01. The molecule has 0 aliphatic rings. The van der Waals surface area contributed by atoms with E-state index >= 15 is 0 Å². The monoisotopic (exact) mass is 293 g/mol. The Kier molecular flexibility index (Phi) is 7.60. The molecule has 114 valence electrons. The van der Waals surface area contributed by atoms with Crippen LogP contribution in [-0.2, 0) is 19.1 Å². The molecule has 21 heavy (non-hydrogen) atoms. The zero-order valence-corrected chi connectivity index (χ0v) is 12.0. The van der Waals surface area contributed by atoms with Gasteiger partial charge >= 0.3 is 5.97 Å². The van der Waals surface area contributed by atoms with Gasteiger partial charge in [0, 0.05) is 18.7 Å². The Labute approximate surface area is 123 Å². The summed E-state index contributed by atoms with van der Waals surface area (Å²) in [5.41, 5.74) is 0.718. The van der Waals surface area contributed by atoms with Crippen LogP contribution in [0.3, 0.4) is 0 Å². The number of hydrogen-bond acceptors (Lipinski definition) is 5. The fraction of sp³-hybridized carbons (Fsp3) is 0.333. The smallest absolute Gasteiger partial charge is 0.330 e. The van der Waals surface area contributed by atoms with Crippen molar-refractivity contribution in [3.05, 3.63) is 36.9 Å². The summed E-state index contributed by atoms with van der Waals surface area (Å²) in [6, 6.07) is 7.03. The van der Waals surface area contributed by atoms with Crippen LogP contribution in [0.1, 0.15) is 6.92 Å². The molecule has 6 heteroatoms. The molecule has 1 N–H and O–H groups in total. The number of amides is 1. The van der Waals surface area contributed by atoms with Crippen molar-refractivity contribution >= 4 is 17.6 Å². The van der Waals surface area contributed by atoms with Gasteiger partial charge in [0.2, 0.25) is 5.91 Å². The summed E-state index contributed by atoms with van der Waals surface area (Å²) in [4.78, 5) is 21.6. The van der Waals surface area contributed by atoms with E-state index in [9.17, 15) is 9.59 Å². The minimum atomic E-state index is -0.464. The van der Waals surface area contributed by atoms with E-state index in [1.165, 1.54) is 6.92 Å². The highest BCUT2D eigenvalue weighted by Crippen LogP contribution is 2.15. The number of esters is 1. The molecule has 1 aromatic rings. The minimum Gasteiger partial charge on any atom is -0.491 e. The fourth-order valence-electron chi connectivity index (χ4n) is 1.42. The van der Waals surface area contributed by atoms with Crippen LogP contribution in [0.5, 0.6) is 5.75 Å². The zero-order chi connectivity index (χ0) is 15.5. The second kappa shape index (κ2) is 9.55. The molecular formula is C15H19NO5. The molecule has 0 fully saturated rings. The average molecular weight is 293 g/mol. The van der Waals surface area contributed by atoms with Gasteiger partial charge in [0.1, 0.15) is 19.0 Å². The van der Waals surface area contributed by atoms with Crippen LogP contribution >= 0.6 is 0 Å². The topological polar surface area (TPSA) is 73.9 Å². The highest BCUT2D eigenvalue weighted by atomic mass is 16.6. The van der Waals surface area contributed by atoms with Crippen molar-refractivity contribution in [3.63, 3.8) is 0 Å². The molecule has 1 aromatic carbocycles. The maximum Gasteiger partial charge on any atom is 0.330 e. The molecule has 0 radical (unpaired) electrons. The van der Waals surface area contributed by atoms with E-state index in [1.807, 2.05) is 0 Å². The molecule has 0 aliphatic heterocycles. The first-order valence-corrected chi connectivity index (χ1v) is 6.49. The predicted octanol–water partition coefficient (Wildman–Crippen LogP) is 1.77. The summed E-state index contributed by atoms with van der Waals surface area (Å²) >= 11 is 0. The first kappa shape index (κ1) is 16.7. The summed E-state index contributed by atoms with van der Waals surface area (Å²) in [7, 11) is 0. The van der Waals surface area contributed by atoms with Crippen molar-refractivity contribution in [1.82, 2.24) is 0 Å². The third-order valence-corrected chi connectivity index (χ3v) is 2.31. The Balaban J connectivity index is 2.11. The number of benzene rings is 1. The van der Waals surface area contributed by atoms with Crippen LogP contribution in [0.2, 0.25) is 0 Å². The number of carbonyl (C=O) groups excluding carboxylic acids is 2. The van der Waals surface area contributed by atoms with Crippen molar-refractivity contribution in [2.45, 2.75) is 6.92 Å². The second-order valence-electron chi connectivity index (χ2n) is 4.04. The van der Waals surface area contributed by atoms with Crippen molar-refractivity contribution < 1.29 is 23.8 Å². The lowest BCUT2D eigenvalue weighted by molar-refractivity contribution is -0.139. The maximum absolute atomic E-state index is 10.9. The van der Waals surface area contributed by atoms with E-state index < -0.39 is 5.97 Å². The largest absolute Gasteiger partial charge is 0.491 e. The van der Waals surface area contributed by atoms with Gasteiger partial charge in [-0.25, -0.2) is 4.79 Å². The van der Waals surface area contributed by atoms with Gasteiger partial charge in [0.25, 0.3) is 0 Å². The molecule has 0 saturated heterocycles. The Morgan fingerprint density at radius 2 is 1.81 bits per heavy atom. The molecule has 0 aromatic heterocycles. The highest BCUT2D eigenvalue weighted by Gasteiger charge is 1.98. The van der Waals surface area contributed by atoms with Crippen molar-refractivity contribution in [3.8, 4) is 5.75 Å². The number of hydrogen-bond donors (Lipinski definition) is 1. The number of carbonyl (C=O) groups is 2. The Hall–Kier alpha value is -2.34. The molecule has 0 atom stereocenters. The van der Waals surface area contributed by atoms with Crippen LogP contribution < -0.4 is 10.1 Å². The number of nitrogens with one attached hydrogen (secondary N) is 1. The van der Waals surface area contributed by atoms with E-state index in [0.717, 1.165) is 11.8 Å². The summed E-state index contributed by atoms with van der Waals surface area (Å²) in [5, 5.41) is 2.67. The van der Waals surface area contributed by atoms with Crippen LogP contribution in [0.15, 0.2) is 36.9 Å². The predicted molar refractivity (Wildman–Crippen MR) is 78.2 cm³/mol. The van der Waals surface area contributed by atoms with E-state index in [2.05, 4.69) is 11.9 Å². The van der Waals surface area contributed by atoms with Crippen LogP contribution in [0, 0.1) is 0 Å². The Bertz CT molecular complexity index is 469. The lowest BCUT2D eigenvalue weighted by atomic mass is 10.3. The molecule has 0 saturated carbocycles. The van der Waals surface area contributed by atoms with Crippen molar-refractivity contribution in [1.29, 1.82) is 0 Å². The Morgan fingerprint density at radius 1 is 1.14 bits per heavy atom. The number of ether oxygens (including phenoxy) is 3. The summed E-state index contributed by atoms with van der Waals surface area (Å²) < 4.78 is 15.4. The number of rotatable bonds is 9. The van der Waals surface area contributed by atoms with Gasteiger partial charge in [0.05, 0.1) is 13.2 Å². The third kappa shape index (κ3) is 7.74. The summed E-state index contributed by atoms with van der Waals surface area (Å²) in [5.74, 6) is 0.106. The Morgan fingerprint density at radius 3 is 2.43 bits per heavy atom. The van der Waals surface area contributed by atoms with Gasteiger partial charge in [-0.3, -0.25) is 4.79 Å². The van der Waals surface area contributed by atoms with Crippen molar-refractivity contribution in [2.24, 2.45) is 0 Å². The van der Waals surface area contributed by atoms with E-state index in [1.54, 1.807) is 24.3 Å². The van der Waals surface area contributed by atoms with Gasteiger partial charge in [-0.15, -0.1) is 0 Å². The maximum atomic E-state index is 10.9.